The van der Waals surface area contributed by atoms with Gasteiger partial charge in [-0.05, 0) is 60.0 Å². The van der Waals surface area contributed by atoms with Gasteiger partial charge < -0.3 is 10.2 Å². The molecule has 0 aliphatic heterocycles. The fourth-order valence-electron chi connectivity index (χ4n) is 6.78. The van der Waals surface area contributed by atoms with Gasteiger partial charge in [0.1, 0.15) is 24.2 Å². The number of phenols is 2. The van der Waals surface area contributed by atoms with Crippen LogP contribution in [0.3, 0.4) is 0 Å². The van der Waals surface area contributed by atoms with Crippen molar-refractivity contribution in [2.75, 3.05) is 0 Å². The number of hydrogen-bond acceptors (Lipinski definition) is 5. The summed E-state index contributed by atoms with van der Waals surface area (Å²) in [4.78, 5) is 18.0. The molecule has 1 aromatic heterocycles. The summed E-state index contributed by atoms with van der Waals surface area (Å²) in [6.07, 6.45) is 7.69. The minimum Gasteiger partial charge on any atom is -0.508 e. The van der Waals surface area contributed by atoms with Gasteiger partial charge in [0.05, 0.1) is 0 Å². The smallest absolute Gasteiger partial charge is 0.167 e. The van der Waals surface area contributed by atoms with Gasteiger partial charge in [-0.1, -0.05) is 34.1 Å². The van der Waals surface area contributed by atoms with Gasteiger partial charge in [0.15, 0.2) is 5.78 Å². The lowest BCUT2D eigenvalue weighted by molar-refractivity contribution is -0.105. The van der Waals surface area contributed by atoms with Crippen molar-refractivity contribution in [1.82, 2.24) is 14.8 Å². The maximum absolute atomic E-state index is 13.9. The van der Waals surface area contributed by atoms with Crippen LogP contribution in [0.1, 0.15) is 63.7 Å². The lowest BCUT2D eigenvalue weighted by Gasteiger charge is -2.60. The minimum absolute atomic E-state index is 0.0298. The lowest BCUT2D eigenvalue weighted by Crippen LogP contribution is -2.56. The molecule has 0 radical (unpaired) electrons. The Bertz CT molecular complexity index is 904. The summed E-state index contributed by atoms with van der Waals surface area (Å²) in [5.74, 6) is 0.581. The van der Waals surface area contributed by atoms with Gasteiger partial charge in [0, 0.05) is 24.1 Å². The fraction of sp³-hybridized carbons (Fsp3) is 0.625. The van der Waals surface area contributed by atoms with Crippen molar-refractivity contribution in [3.05, 3.63) is 36.4 Å². The van der Waals surface area contributed by atoms with Crippen LogP contribution < -0.4 is 0 Å². The van der Waals surface area contributed by atoms with Crippen LogP contribution in [0.4, 0.5) is 0 Å². The molecule has 2 N–H and O–H groups in total. The molecule has 2 saturated carbocycles. The van der Waals surface area contributed by atoms with E-state index in [4.69, 9.17) is 0 Å². The molecule has 4 rings (SSSR count). The molecule has 2 fully saturated rings. The fourth-order valence-corrected chi connectivity index (χ4v) is 6.78. The zero-order chi connectivity index (χ0) is 21.7. The number of Topliss-reactive ketones (excluding diaryl/α,β-unsaturated/α-hetero) is 1. The van der Waals surface area contributed by atoms with Gasteiger partial charge in [-0.25, -0.2) is 4.98 Å². The number of ketones is 1. The van der Waals surface area contributed by atoms with E-state index in [0.717, 1.165) is 25.8 Å². The van der Waals surface area contributed by atoms with Crippen molar-refractivity contribution < 1.29 is 15.0 Å². The van der Waals surface area contributed by atoms with Gasteiger partial charge in [-0.2, -0.15) is 5.10 Å². The topological polar surface area (TPSA) is 88.2 Å². The van der Waals surface area contributed by atoms with Crippen molar-refractivity contribution in [3.63, 3.8) is 0 Å². The molecular weight excluding hydrogens is 378 g/mol. The van der Waals surface area contributed by atoms with Gasteiger partial charge in [0.2, 0.25) is 0 Å². The van der Waals surface area contributed by atoms with Crippen molar-refractivity contribution in [2.24, 2.45) is 34.5 Å². The molecule has 1 heterocycles. The van der Waals surface area contributed by atoms with E-state index in [1.807, 2.05) is 4.68 Å². The van der Waals surface area contributed by atoms with E-state index in [2.05, 4.69) is 37.8 Å². The second kappa shape index (κ2) is 7.40. The molecule has 1 unspecified atom stereocenters. The average Bonchev–Trinajstić information content (AvgIpc) is 3.15. The highest BCUT2D eigenvalue weighted by atomic mass is 16.3. The molecular formula is C24H33N3O3. The molecule has 0 bridgehead atoms. The van der Waals surface area contributed by atoms with Crippen molar-refractivity contribution in [1.29, 1.82) is 0 Å². The van der Waals surface area contributed by atoms with E-state index in [-0.39, 0.29) is 39.9 Å². The third-order valence-corrected chi connectivity index (χ3v) is 8.15. The molecule has 1 aromatic carbocycles. The van der Waals surface area contributed by atoms with Crippen LogP contribution in [0.2, 0.25) is 0 Å². The summed E-state index contributed by atoms with van der Waals surface area (Å²) < 4.78 is 1.88. The third kappa shape index (κ3) is 3.50. The number of fused-ring (bicyclic) bond motifs is 1. The number of nitrogens with zero attached hydrogens (tertiary/aromatic N) is 3. The number of phenolic OH excluding ortho intramolecular Hbond substituents is 2. The monoisotopic (exact) mass is 411 g/mol. The Morgan fingerprint density at radius 3 is 2.50 bits per heavy atom. The Hall–Kier alpha value is -2.37. The summed E-state index contributed by atoms with van der Waals surface area (Å²) in [6, 6.07) is 4.24. The molecule has 2 aliphatic rings. The first-order valence-electron chi connectivity index (χ1n) is 11.0. The van der Waals surface area contributed by atoms with E-state index in [0.29, 0.717) is 17.4 Å². The average molecular weight is 412 g/mol. The standard InChI is InChI=1S/C24H33N3O3/c1-15-17(12-27-14-25-13-26-27)10-20-23(2,3)6-5-7-24(20,4)21(15)22(30)16-8-18(28)11-19(29)9-16/h8-9,11,13-15,17,20-21,28-29H,5-7,10,12H2,1-4H3/t15-,17-,20?,21-,24+/m1/s1. The maximum Gasteiger partial charge on any atom is 0.167 e. The SMILES string of the molecule is C[C@@H]1[C@@H](Cn2cncn2)CC2C(C)(C)CCC[C@]2(C)[C@H]1C(=O)c1cc(O)cc(O)c1. The summed E-state index contributed by atoms with van der Waals surface area (Å²) >= 11 is 0. The number of aromatic nitrogens is 3. The van der Waals surface area contributed by atoms with Crippen LogP contribution in [-0.2, 0) is 6.54 Å². The van der Waals surface area contributed by atoms with Crippen molar-refractivity contribution >= 4 is 5.78 Å². The van der Waals surface area contributed by atoms with E-state index in [9.17, 15) is 15.0 Å². The minimum atomic E-state index is -0.175. The molecule has 2 aromatic rings. The molecule has 0 spiro atoms. The highest BCUT2D eigenvalue weighted by Gasteiger charge is 2.58. The molecule has 162 valence electrons. The molecule has 30 heavy (non-hydrogen) atoms. The van der Waals surface area contributed by atoms with Crippen LogP contribution in [0.15, 0.2) is 30.9 Å². The number of aromatic hydroxyl groups is 2. The summed E-state index contributed by atoms with van der Waals surface area (Å²) in [5.41, 5.74) is 0.444. The summed E-state index contributed by atoms with van der Waals surface area (Å²) in [7, 11) is 0. The first-order valence-corrected chi connectivity index (χ1v) is 11.0. The van der Waals surface area contributed by atoms with Gasteiger partial charge in [-0.3, -0.25) is 9.48 Å². The summed E-state index contributed by atoms with van der Waals surface area (Å²) in [5, 5.41) is 24.3. The van der Waals surface area contributed by atoms with E-state index >= 15 is 0 Å². The second-order valence-electron chi connectivity index (χ2n) is 10.5. The Labute approximate surface area is 178 Å². The van der Waals surface area contributed by atoms with Gasteiger partial charge in [-0.15, -0.1) is 0 Å². The zero-order valence-corrected chi connectivity index (χ0v) is 18.4. The number of carbonyl (C=O) groups excluding carboxylic acids is 1. The quantitative estimate of drug-likeness (QED) is 0.714. The molecule has 6 nitrogen and oxygen atoms in total. The zero-order valence-electron chi connectivity index (χ0n) is 18.4. The summed E-state index contributed by atoms with van der Waals surface area (Å²) in [6.45, 7) is 9.93. The highest BCUT2D eigenvalue weighted by molar-refractivity contribution is 5.99. The molecule has 5 atom stereocenters. The van der Waals surface area contributed by atoms with Crippen LogP contribution in [0.5, 0.6) is 11.5 Å². The molecule has 0 amide bonds. The first-order chi connectivity index (χ1) is 14.1. The Morgan fingerprint density at radius 2 is 1.87 bits per heavy atom. The Balaban J connectivity index is 1.76. The van der Waals surface area contributed by atoms with E-state index in [1.165, 1.54) is 24.6 Å². The van der Waals surface area contributed by atoms with Crippen molar-refractivity contribution in [3.8, 4) is 11.5 Å². The van der Waals surface area contributed by atoms with E-state index in [1.54, 1.807) is 12.7 Å². The predicted octanol–water partition coefficient (Wildman–Crippen LogP) is 4.68. The number of benzene rings is 1. The maximum atomic E-state index is 13.9. The van der Waals surface area contributed by atoms with Crippen LogP contribution >= 0.6 is 0 Å². The predicted molar refractivity (Wildman–Crippen MR) is 114 cm³/mol. The lowest BCUT2D eigenvalue weighted by atomic mass is 9.44. The number of carbonyl (C=O) groups is 1. The van der Waals surface area contributed by atoms with Crippen LogP contribution in [0.25, 0.3) is 0 Å². The third-order valence-electron chi connectivity index (χ3n) is 8.15. The highest BCUT2D eigenvalue weighted by Crippen LogP contribution is 2.63. The second-order valence-corrected chi connectivity index (χ2v) is 10.5. The van der Waals surface area contributed by atoms with E-state index < -0.39 is 0 Å². The largest absolute Gasteiger partial charge is 0.508 e. The number of rotatable bonds is 4. The molecule has 6 heteroatoms. The normalized spacial score (nSPS) is 33.1. The van der Waals surface area contributed by atoms with Gasteiger partial charge >= 0.3 is 0 Å². The van der Waals surface area contributed by atoms with Crippen LogP contribution in [0, 0.1) is 34.5 Å². The molecule has 0 saturated heterocycles. The van der Waals surface area contributed by atoms with Crippen molar-refractivity contribution in [2.45, 2.75) is 59.9 Å². The van der Waals surface area contributed by atoms with Crippen LogP contribution in [-0.4, -0.2) is 30.8 Å². The Kier molecular flexibility index (Phi) is 5.15. The van der Waals surface area contributed by atoms with Gasteiger partial charge in [0.25, 0.3) is 0 Å². The first kappa shape index (κ1) is 20.9. The Morgan fingerprint density at radius 1 is 1.17 bits per heavy atom. The number of hydrogen-bond donors (Lipinski definition) is 2. The molecule has 2 aliphatic carbocycles.